The highest BCUT2D eigenvalue weighted by atomic mass is 16.5. The highest BCUT2D eigenvalue weighted by Crippen LogP contribution is 2.12. The lowest BCUT2D eigenvalue weighted by Crippen LogP contribution is -2.49. The molecule has 0 amide bonds. The minimum absolute atomic E-state index is 0.462. The summed E-state index contributed by atoms with van der Waals surface area (Å²) < 4.78 is 7.51. The van der Waals surface area contributed by atoms with Gasteiger partial charge in [-0.25, -0.2) is 0 Å². The fraction of sp³-hybridized carbons (Fsp3) is 0.750. The van der Waals surface area contributed by atoms with Gasteiger partial charge in [0, 0.05) is 32.7 Å². The zero-order valence-corrected chi connectivity index (χ0v) is 10.9. The monoisotopic (exact) mass is 238 g/mol. The van der Waals surface area contributed by atoms with E-state index in [2.05, 4.69) is 21.4 Å². The van der Waals surface area contributed by atoms with Crippen LogP contribution >= 0.6 is 0 Å². The number of likely N-dealkylation sites (N-methyl/N-ethyl adjacent to an activating group) is 1. The molecule has 5 heteroatoms. The summed E-state index contributed by atoms with van der Waals surface area (Å²) in [6, 6.07) is 2.62. The molecule has 0 saturated carbocycles. The summed E-state index contributed by atoms with van der Waals surface area (Å²) in [6.45, 7) is 6.60. The van der Waals surface area contributed by atoms with E-state index in [0.717, 1.165) is 38.5 Å². The number of nitrogens with one attached hydrogen (secondary N) is 1. The van der Waals surface area contributed by atoms with Crippen molar-refractivity contribution in [3.05, 3.63) is 17.5 Å². The number of rotatable bonds is 4. The maximum absolute atomic E-state index is 5.53. The maximum atomic E-state index is 5.53. The van der Waals surface area contributed by atoms with E-state index in [1.54, 1.807) is 0 Å². The summed E-state index contributed by atoms with van der Waals surface area (Å²) in [5.41, 5.74) is 2.35. The summed E-state index contributed by atoms with van der Waals surface area (Å²) >= 11 is 0. The quantitative estimate of drug-likeness (QED) is 0.811. The van der Waals surface area contributed by atoms with E-state index in [0.29, 0.717) is 6.04 Å². The third-order valence-corrected chi connectivity index (χ3v) is 3.25. The number of hydrogen-bond donors (Lipinski definition) is 1. The molecule has 0 radical (unpaired) electrons. The molecule has 5 nitrogen and oxygen atoms in total. The molecule has 1 fully saturated rings. The van der Waals surface area contributed by atoms with Crippen molar-refractivity contribution in [1.82, 2.24) is 20.0 Å². The first kappa shape index (κ1) is 12.5. The second kappa shape index (κ2) is 5.62. The topological polar surface area (TPSA) is 42.3 Å². The molecule has 96 valence electrons. The first-order valence-electron chi connectivity index (χ1n) is 6.16. The first-order chi connectivity index (χ1) is 8.20. The van der Waals surface area contributed by atoms with Crippen molar-refractivity contribution in [1.29, 1.82) is 0 Å². The molecule has 1 unspecified atom stereocenters. The normalized spacial score (nSPS) is 21.9. The van der Waals surface area contributed by atoms with Gasteiger partial charge in [-0.05, 0) is 20.0 Å². The Morgan fingerprint density at radius 2 is 2.41 bits per heavy atom. The van der Waals surface area contributed by atoms with Crippen molar-refractivity contribution in [2.24, 2.45) is 7.05 Å². The molecular weight excluding hydrogens is 216 g/mol. The summed E-state index contributed by atoms with van der Waals surface area (Å²) in [5, 5.41) is 7.62. The van der Waals surface area contributed by atoms with Gasteiger partial charge in [0.25, 0.3) is 0 Å². The molecule has 1 saturated heterocycles. The highest BCUT2D eigenvalue weighted by Gasteiger charge is 2.23. The van der Waals surface area contributed by atoms with Crippen LogP contribution in [0.5, 0.6) is 0 Å². The van der Waals surface area contributed by atoms with Crippen LogP contribution in [0.15, 0.2) is 6.07 Å². The standard InChI is InChI=1S/C12H22N4O/c1-10-6-11(15(3)14-10)8-16-4-5-17-9-12(16)7-13-2/h6,12-13H,4-5,7-9H2,1-3H3. The predicted octanol–water partition coefficient (Wildman–Crippen LogP) is 0.149. The summed E-state index contributed by atoms with van der Waals surface area (Å²) in [7, 11) is 4.00. The minimum atomic E-state index is 0.462. The molecule has 2 heterocycles. The largest absolute Gasteiger partial charge is 0.378 e. The average molecular weight is 238 g/mol. The Hall–Kier alpha value is -0.910. The molecule has 1 aliphatic heterocycles. The van der Waals surface area contributed by atoms with E-state index in [4.69, 9.17) is 4.74 Å². The van der Waals surface area contributed by atoms with Gasteiger partial charge in [-0.1, -0.05) is 0 Å². The van der Waals surface area contributed by atoms with Crippen LogP contribution in [-0.2, 0) is 18.3 Å². The number of hydrogen-bond acceptors (Lipinski definition) is 4. The van der Waals surface area contributed by atoms with E-state index < -0.39 is 0 Å². The van der Waals surface area contributed by atoms with Gasteiger partial charge in [0.15, 0.2) is 0 Å². The zero-order valence-electron chi connectivity index (χ0n) is 10.9. The number of nitrogens with zero attached hydrogens (tertiary/aromatic N) is 3. The molecule has 1 aromatic rings. The Kier molecular flexibility index (Phi) is 4.15. The molecule has 1 N–H and O–H groups in total. The second-order valence-electron chi connectivity index (χ2n) is 4.66. The molecule has 0 aliphatic carbocycles. The SMILES string of the molecule is CNCC1COCCN1Cc1cc(C)nn1C. The fourth-order valence-corrected chi connectivity index (χ4v) is 2.34. The van der Waals surface area contributed by atoms with Crippen molar-refractivity contribution >= 4 is 0 Å². The van der Waals surface area contributed by atoms with Crippen LogP contribution in [0.4, 0.5) is 0 Å². The molecule has 0 bridgehead atoms. The second-order valence-corrected chi connectivity index (χ2v) is 4.66. The minimum Gasteiger partial charge on any atom is -0.378 e. The third kappa shape index (κ3) is 3.06. The van der Waals surface area contributed by atoms with Crippen LogP contribution in [0.2, 0.25) is 0 Å². The molecular formula is C12H22N4O. The molecule has 2 rings (SSSR count). The summed E-state index contributed by atoms with van der Waals surface area (Å²) in [5.74, 6) is 0. The Morgan fingerprint density at radius 1 is 1.59 bits per heavy atom. The van der Waals surface area contributed by atoms with Crippen LogP contribution in [0.25, 0.3) is 0 Å². The van der Waals surface area contributed by atoms with Gasteiger partial charge in [0.1, 0.15) is 0 Å². The van der Waals surface area contributed by atoms with Crippen LogP contribution in [-0.4, -0.2) is 54.1 Å². The van der Waals surface area contributed by atoms with Crippen LogP contribution in [0, 0.1) is 6.92 Å². The third-order valence-electron chi connectivity index (χ3n) is 3.25. The van der Waals surface area contributed by atoms with Gasteiger partial charge >= 0.3 is 0 Å². The Labute approximate surface area is 103 Å². The number of aromatic nitrogens is 2. The molecule has 1 aromatic heterocycles. The lowest BCUT2D eigenvalue weighted by Gasteiger charge is -2.35. The lowest BCUT2D eigenvalue weighted by atomic mass is 10.2. The fourth-order valence-electron chi connectivity index (χ4n) is 2.34. The first-order valence-corrected chi connectivity index (χ1v) is 6.16. The van der Waals surface area contributed by atoms with Gasteiger partial charge in [0.2, 0.25) is 0 Å². The van der Waals surface area contributed by atoms with Crippen molar-refractivity contribution in [2.45, 2.75) is 19.5 Å². The van der Waals surface area contributed by atoms with Gasteiger partial charge < -0.3 is 10.1 Å². The number of aryl methyl sites for hydroxylation is 2. The average Bonchev–Trinajstić information content (AvgIpc) is 2.61. The van der Waals surface area contributed by atoms with Crippen LogP contribution < -0.4 is 5.32 Å². The molecule has 17 heavy (non-hydrogen) atoms. The zero-order chi connectivity index (χ0) is 12.3. The van der Waals surface area contributed by atoms with Crippen molar-refractivity contribution in [3.63, 3.8) is 0 Å². The van der Waals surface area contributed by atoms with E-state index >= 15 is 0 Å². The maximum Gasteiger partial charge on any atom is 0.0635 e. The van der Waals surface area contributed by atoms with Crippen molar-refractivity contribution < 1.29 is 4.74 Å². The molecule has 0 spiro atoms. The van der Waals surface area contributed by atoms with Crippen LogP contribution in [0.3, 0.4) is 0 Å². The van der Waals surface area contributed by atoms with E-state index in [9.17, 15) is 0 Å². The number of ether oxygens (including phenoxy) is 1. The van der Waals surface area contributed by atoms with Gasteiger partial charge in [-0.3, -0.25) is 9.58 Å². The van der Waals surface area contributed by atoms with Crippen LogP contribution in [0.1, 0.15) is 11.4 Å². The van der Waals surface area contributed by atoms with E-state index in [1.807, 2.05) is 25.7 Å². The summed E-state index contributed by atoms with van der Waals surface area (Å²) in [4.78, 5) is 2.47. The molecule has 1 aliphatic rings. The lowest BCUT2D eigenvalue weighted by molar-refractivity contribution is -0.0113. The Morgan fingerprint density at radius 3 is 3.06 bits per heavy atom. The van der Waals surface area contributed by atoms with Gasteiger partial charge in [-0.2, -0.15) is 5.10 Å². The van der Waals surface area contributed by atoms with Gasteiger partial charge in [-0.15, -0.1) is 0 Å². The highest BCUT2D eigenvalue weighted by molar-refractivity contribution is 5.08. The van der Waals surface area contributed by atoms with E-state index in [1.165, 1.54) is 5.69 Å². The van der Waals surface area contributed by atoms with Crippen molar-refractivity contribution in [3.8, 4) is 0 Å². The van der Waals surface area contributed by atoms with E-state index in [-0.39, 0.29) is 0 Å². The number of morpholine rings is 1. The predicted molar refractivity (Wildman–Crippen MR) is 66.9 cm³/mol. The smallest absolute Gasteiger partial charge is 0.0635 e. The molecule has 0 aromatic carbocycles. The Bertz CT molecular complexity index is 361. The van der Waals surface area contributed by atoms with Crippen molar-refractivity contribution in [2.75, 3.05) is 33.4 Å². The summed E-state index contributed by atoms with van der Waals surface area (Å²) in [6.07, 6.45) is 0. The molecule has 1 atom stereocenters. The van der Waals surface area contributed by atoms with Gasteiger partial charge in [0.05, 0.1) is 24.6 Å². The Balaban J connectivity index is 2.02.